The molecular formula is C15H34O5Si2. The van der Waals surface area contributed by atoms with E-state index < -0.39 is 29.1 Å². The first kappa shape index (κ1) is 20.3. The Balaban J connectivity index is 2.63. The second-order valence-corrected chi connectivity index (χ2v) is 15.8. The molecule has 0 saturated heterocycles. The van der Waals surface area contributed by atoms with Crippen molar-refractivity contribution in [1.29, 1.82) is 0 Å². The van der Waals surface area contributed by atoms with E-state index in [1.54, 1.807) is 7.11 Å². The van der Waals surface area contributed by atoms with Gasteiger partial charge < -0.3 is 23.9 Å². The molecule has 0 bridgehead atoms. The molecule has 4 unspecified atom stereocenters. The predicted octanol–water partition coefficient (Wildman–Crippen LogP) is 2.22. The van der Waals surface area contributed by atoms with Crippen molar-refractivity contribution < 1.29 is 23.9 Å². The van der Waals surface area contributed by atoms with Crippen molar-refractivity contribution in [3.05, 3.63) is 0 Å². The lowest BCUT2D eigenvalue weighted by molar-refractivity contribution is -0.0260. The Morgan fingerprint density at radius 1 is 1.05 bits per heavy atom. The van der Waals surface area contributed by atoms with Crippen molar-refractivity contribution >= 4 is 16.9 Å². The molecule has 0 aromatic rings. The lowest BCUT2D eigenvalue weighted by Gasteiger charge is -2.37. The molecule has 0 aromatic heterocycles. The van der Waals surface area contributed by atoms with E-state index in [9.17, 15) is 10.2 Å². The number of aliphatic hydroxyl groups excluding tert-OH is 3. The predicted molar refractivity (Wildman–Crippen MR) is 92.5 cm³/mol. The van der Waals surface area contributed by atoms with Gasteiger partial charge in [-0.1, -0.05) is 0 Å². The Morgan fingerprint density at radius 3 is 2.23 bits per heavy atom. The molecule has 0 radical (unpaired) electrons. The maximum Gasteiger partial charge on any atom is 0.327 e. The number of rotatable bonds is 9. The Hall–Kier alpha value is 0.234. The highest BCUT2D eigenvalue weighted by atomic mass is 28.4. The normalized spacial score (nSPS) is 29.3. The summed E-state index contributed by atoms with van der Waals surface area (Å²) in [6.07, 6.45) is 2.85. The van der Waals surface area contributed by atoms with E-state index in [0.717, 1.165) is 31.4 Å². The van der Waals surface area contributed by atoms with Gasteiger partial charge in [0.05, 0.1) is 12.2 Å². The van der Waals surface area contributed by atoms with Crippen molar-refractivity contribution in [1.82, 2.24) is 0 Å². The molecular weight excluding hydrogens is 316 g/mol. The van der Waals surface area contributed by atoms with Gasteiger partial charge in [0.1, 0.15) is 0 Å². The summed E-state index contributed by atoms with van der Waals surface area (Å²) < 4.78 is 12.3. The van der Waals surface area contributed by atoms with Crippen LogP contribution in [0.4, 0.5) is 0 Å². The quantitative estimate of drug-likeness (QED) is 0.556. The SMILES string of the molecule is CO[Si](CCCO)(CCC1CCC(O)C(O)C1)O[Si](C)(C)C. The van der Waals surface area contributed by atoms with E-state index in [-0.39, 0.29) is 6.61 Å². The Kier molecular flexibility index (Phi) is 8.21. The highest BCUT2D eigenvalue weighted by Crippen LogP contribution is 2.33. The molecule has 1 rings (SSSR count). The van der Waals surface area contributed by atoms with Gasteiger partial charge in [0.25, 0.3) is 0 Å². The molecule has 1 fully saturated rings. The first-order valence-corrected chi connectivity index (χ1v) is 14.1. The van der Waals surface area contributed by atoms with Crippen LogP contribution in [-0.4, -0.2) is 58.1 Å². The third kappa shape index (κ3) is 6.78. The molecule has 0 aromatic carbocycles. The Bertz CT molecular complexity index is 324. The van der Waals surface area contributed by atoms with Crippen LogP contribution in [-0.2, 0) is 8.54 Å². The van der Waals surface area contributed by atoms with E-state index in [1.807, 2.05) is 0 Å². The highest BCUT2D eigenvalue weighted by Gasteiger charge is 2.41. The number of hydrogen-bond acceptors (Lipinski definition) is 5. The first-order valence-electron chi connectivity index (χ1n) is 8.43. The van der Waals surface area contributed by atoms with Crippen LogP contribution in [0.1, 0.15) is 32.1 Å². The van der Waals surface area contributed by atoms with Crippen LogP contribution in [0.15, 0.2) is 0 Å². The zero-order chi connectivity index (χ0) is 16.8. The second kappa shape index (κ2) is 8.91. The lowest BCUT2D eigenvalue weighted by atomic mass is 9.84. The fourth-order valence-electron chi connectivity index (χ4n) is 3.28. The molecule has 0 aliphatic heterocycles. The second-order valence-electron chi connectivity index (χ2n) is 7.51. The standard InChI is InChI=1S/C15H34O5Si2/c1-19-22(10-5-9-16,20-21(2,3)4)11-8-13-6-7-14(17)15(18)12-13/h13-18H,5-12H2,1-4H3. The molecule has 1 aliphatic rings. The van der Waals surface area contributed by atoms with E-state index in [2.05, 4.69) is 19.6 Å². The van der Waals surface area contributed by atoms with E-state index in [1.165, 1.54) is 0 Å². The summed E-state index contributed by atoms with van der Waals surface area (Å²) in [5.41, 5.74) is 0. The van der Waals surface area contributed by atoms with Crippen LogP contribution in [0, 0.1) is 5.92 Å². The maximum absolute atomic E-state index is 9.84. The molecule has 4 atom stereocenters. The summed E-state index contributed by atoms with van der Waals surface area (Å²) in [7, 11) is -2.26. The summed E-state index contributed by atoms with van der Waals surface area (Å²) in [5, 5.41) is 28.6. The third-order valence-electron chi connectivity index (χ3n) is 4.40. The van der Waals surface area contributed by atoms with E-state index in [0.29, 0.717) is 18.8 Å². The highest BCUT2D eigenvalue weighted by molar-refractivity contribution is 6.82. The van der Waals surface area contributed by atoms with Gasteiger partial charge in [0.2, 0.25) is 0 Å². The van der Waals surface area contributed by atoms with Crippen LogP contribution < -0.4 is 0 Å². The van der Waals surface area contributed by atoms with E-state index >= 15 is 0 Å². The van der Waals surface area contributed by atoms with E-state index in [4.69, 9.17) is 13.6 Å². The third-order valence-corrected chi connectivity index (χ3v) is 11.3. The van der Waals surface area contributed by atoms with Crippen molar-refractivity contribution in [3.8, 4) is 0 Å². The van der Waals surface area contributed by atoms with Gasteiger partial charge in [-0.05, 0) is 69.8 Å². The molecule has 132 valence electrons. The molecule has 22 heavy (non-hydrogen) atoms. The van der Waals surface area contributed by atoms with Crippen LogP contribution >= 0.6 is 0 Å². The van der Waals surface area contributed by atoms with Gasteiger partial charge in [0.15, 0.2) is 8.32 Å². The van der Waals surface area contributed by atoms with Gasteiger partial charge in [0, 0.05) is 13.7 Å². The largest absolute Gasteiger partial charge is 0.436 e. The van der Waals surface area contributed by atoms with Crippen LogP contribution in [0.2, 0.25) is 31.7 Å². The number of aliphatic hydroxyl groups is 3. The number of hydrogen-bond donors (Lipinski definition) is 3. The Morgan fingerprint density at radius 2 is 1.73 bits per heavy atom. The summed E-state index contributed by atoms with van der Waals surface area (Å²) >= 11 is 0. The molecule has 7 heteroatoms. The minimum atomic E-state index is -2.29. The smallest absolute Gasteiger partial charge is 0.327 e. The average Bonchev–Trinajstić information content (AvgIpc) is 2.44. The van der Waals surface area contributed by atoms with Gasteiger partial charge in [-0.15, -0.1) is 0 Å². The monoisotopic (exact) mass is 350 g/mol. The van der Waals surface area contributed by atoms with Crippen molar-refractivity contribution in [2.45, 2.75) is 76.0 Å². The molecule has 1 aliphatic carbocycles. The minimum absolute atomic E-state index is 0.168. The van der Waals surface area contributed by atoms with Crippen LogP contribution in [0.25, 0.3) is 0 Å². The van der Waals surface area contributed by atoms with Gasteiger partial charge in [-0.25, -0.2) is 0 Å². The van der Waals surface area contributed by atoms with Crippen molar-refractivity contribution in [3.63, 3.8) is 0 Å². The van der Waals surface area contributed by atoms with Crippen LogP contribution in [0.3, 0.4) is 0 Å². The van der Waals surface area contributed by atoms with Gasteiger partial charge in [-0.2, -0.15) is 0 Å². The average molecular weight is 351 g/mol. The molecule has 3 N–H and O–H groups in total. The summed E-state index contributed by atoms with van der Waals surface area (Å²) in [4.78, 5) is 0. The summed E-state index contributed by atoms with van der Waals surface area (Å²) in [6.45, 7) is 6.69. The molecule has 5 nitrogen and oxygen atoms in total. The van der Waals surface area contributed by atoms with Crippen molar-refractivity contribution in [2.24, 2.45) is 5.92 Å². The lowest BCUT2D eigenvalue weighted by Crippen LogP contribution is -2.49. The fourth-order valence-corrected chi connectivity index (χ4v) is 11.1. The van der Waals surface area contributed by atoms with Gasteiger partial charge in [-0.3, -0.25) is 0 Å². The summed E-state index contributed by atoms with van der Waals surface area (Å²) in [6, 6.07) is 1.73. The Labute approximate surface area is 137 Å². The first-order chi connectivity index (χ1) is 10.2. The fraction of sp³-hybridized carbons (Fsp3) is 1.00. The topological polar surface area (TPSA) is 79.2 Å². The zero-order valence-electron chi connectivity index (χ0n) is 14.5. The molecule has 0 spiro atoms. The summed E-state index contributed by atoms with van der Waals surface area (Å²) in [5.74, 6) is 0.430. The molecule has 0 amide bonds. The maximum atomic E-state index is 9.84. The molecule has 0 heterocycles. The zero-order valence-corrected chi connectivity index (χ0v) is 16.5. The van der Waals surface area contributed by atoms with Crippen LogP contribution in [0.5, 0.6) is 0 Å². The van der Waals surface area contributed by atoms with Crippen molar-refractivity contribution in [2.75, 3.05) is 13.7 Å². The molecule has 1 saturated carbocycles. The van der Waals surface area contributed by atoms with Gasteiger partial charge >= 0.3 is 8.56 Å². The minimum Gasteiger partial charge on any atom is -0.436 e.